The highest BCUT2D eigenvalue weighted by molar-refractivity contribution is 5.76. The molecule has 0 aromatic carbocycles. The minimum atomic E-state index is -0.853. The van der Waals surface area contributed by atoms with Crippen molar-refractivity contribution >= 4 is 11.9 Å². The van der Waals surface area contributed by atoms with Crippen LogP contribution in [0.1, 0.15) is 328 Å². The number of nitrogens with one attached hydrogen (secondary N) is 1. The Bertz CT molecular complexity index is 1120. The molecule has 0 rings (SSSR count). The second kappa shape index (κ2) is 58.6. The molecule has 6 heteroatoms. The topological polar surface area (TPSA) is 95.9 Å². The van der Waals surface area contributed by atoms with Crippen LogP contribution in [0.15, 0.2) is 36.5 Å². The fraction of sp³-hybridized carbons (Fsp3) is 0.873. The van der Waals surface area contributed by atoms with Crippen LogP contribution in [0.3, 0.4) is 0 Å². The molecule has 0 heterocycles. The summed E-state index contributed by atoms with van der Waals surface area (Å²) < 4.78 is 5.47. The number of hydrogen-bond acceptors (Lipinski definition) is 5. The molecule has 0 bridgehead atoms. The lowest BCUT2D eigenvalue weighted by Gasteiger charge is -2.20. The molecule has 69 heavy (non-hydrogen) atoms. The SMILES string of the molecule is CCCCCCCCC/C=C\CCCCCCCC(=O)OCCCCCCCC/C=C\CCCCCCCCCC(=O)NC(CO)C(O)/C=C/CCCCCCCCCCCCCCCCCCC. The van der Waals surface area contributed by atoms with Gasteiger partial charge in [0, 0.05) is 12.8 Å². The van der Waals surface area contributed by atoms with Gasteiger partial charge in [0.25, 0.3) is 0 Å². The summed E-state index contributed by atoms with van der Waals surface area (Å²) in [5.74, 6) is -0.0883. The van der Waals surface area contributed by atoms with Gasteiger partial charge < -0.3 is 20.3 Å². The van der Waals surface area contributed by atoms with E-state index in [2.05, 4.69) is 43.5 Å². The number of ether oxygens (including phenoxy) is 1. The van der Waals surface area contributed by atoms with E-state index in [1.165, 1.54) is 244 Å². The predicted octanol–water partition coefficient (Wildman–Crippen LogP) is 19.2. The fourth-order valence-electron chi connectivity index (χ4n) is 9.39. The summed E-state index contributed by atoms with van der Waals surface area (Å²) in [5.41, 5.74) is 0. The molecule has 3 N–H and O–H groups in total. The van der Waals surface area contributed by atoms with E-state index in [0.29, 0.717) is 19.4 Å². The van der Waals surface area contributed by atoms with Crippen LogP contribution < -0.4 is 5.32 Å². The normalized spacial score (nSPS) is 12.8. The molecular weight excluding hydrogens is 851 g/mol. The first kappa shape index (κ1) is 67.1. The highest BCUT2D eigenvalue weighted by Gasteiger charge is 2.18. The van der Waals surface area contributed by atoms with E-state index in [1.54, 1.807) is 6.08 Å². The van der Waals surface area contributed by atoms with E-state index in [9.17, 15) is 19.8 Å². The van der Waals surface area contributed by atoms with Gasteiger partial charge in [0.2, 0.25) is 5.91 Å². The Morgan fingerprint density at radius 3 is 1.03 bits per heavy atom. The van der Waals surface area contributed by atoms with Gasteiger partial charge in [-0.25, -0.2) is 0 Å². The first-order valence-electron chi connectivity index (χ1n) is 30.8. The quantitative estimate of drug-likeness (QED) is 0.0321. The van der Waals surface area contributed by atoms with Crippen LogP contribution >= 0.6 is 0 Å². The van der Waals surface area contributed by atoms with Crippen LogP contribution in [0.5, 0.6) is 0 Å². The molecule has 0 aliphatic heterocycles. The van der Waals surface area contributed by atoms with E-state index in [4.69, 9.17) is 4.74 Å². The van der Waals surface area contributed by atoms with Crippen LogP contribution in [0.25, 0.3) is 0 Å². The predicted molar refractivity (Wildman–Crippen MR) is 301 cm³/mol. The summed E-state index contributed by atoms with van der Waals surface area (Å²) in [6.07, 6.45) is 73.1. The molecule has 2 unspecified atom stereocenters. The van der Waals surface area contributed by atoms with Gasteiger partial charge >= 0.3 is 5.97 Å². The smallest absolute Gasteiger partial charge is 0.305 e. The van der Waals surface area contributed by atoms with Crippen LogP contribution in [0, 0.1) is 0 Å². The largest absolute Gasteiger partial charge is 0.466 e. The second-order valence-electron chi connectivity index (χ2n) is 21.0. The van der Waals surface area contributed by atoms with Crippen molar-refractivity contribution in [1.82, 2.24) is 5.32 Å². The third kappa shape index (κ3) is 55.2. The van der Waals surface area contributed by atoms with E-state index >= 15 is 0 Å². The van der Waals surface area contributed by atoms with Crippen LogP contribution in [-0.2, 0) is 14.3 Å². The average molecular weight is 971 g/mol. The Morgan fingerprint density at radius 2 is 0.681 bits per heavy atom. The Balaban J connectivity index is 3.49. The highest BCUT2D eigenvalue weighted by Crippen LogP contribution is 2.17. The number of allylic oxidation sites excluding steroid dienone is 5. The van der Waals surface area contributed by atoms with Crippen molar-refractivity contribution < 1.29 is 24.5 Å². The molecule has 0 radical (unpaired) electrons. The maximum atomic E-state index is 12.5. The lowest BCUT2D eigenvalue weighted by molar-refractivity contribution is -0.143. The molecule has 0 aromatic rings. The van der Waals surface area contributed by atoms with Gasteiger partial charge in [0.1, 0.15) is 0 Å². The third-order valence-electron chi connectivity index (χ3n) is 14.1. The number of amides is 1. The van der Waals surface area contributed by atoms with Crippen molar-refractivity contribution in [3.05, 3.63) is 36.5 Å². The molecule has 0 spiro atoms. The van der Waals surface area contributed by atoms with E-state index < -0.39 is 12.1 Å². The van der Waals surface area contributed by atoms with Gasteiger partial charge in [-0.3, -0.25) is 9.59 Å². The van der Waals surface area contributed by atoms with E-state index in [1.807, 2.05) is 6.08 Å². The number of hydrogen-bond donors (Lipinski definition) is 3. The number of aliphatic hydroxyl groups is 2. The molecule has 1 amide bonds. The van der Waals surface area contributed by atoms with E-state index in [0.717, 1.165) is 57.8 Å². The van der Waals surface area contributed by atoms with Crippen LogP contribution in [0.4, 0.5) is 0 Å². The molecule has 0 aliphatic rings. The average Bonchev–Trinajstić information content (AvgIpc) is 3.35. The summed E-state index contributed by atoms with van der Waals surface area (Å²) in [7, 11) is 0. The van der Waals surface area contributed by atoms with Crippen molar-refractivity contribution in [2.75, 3.05) is 13.2 Å². The minimum absolute atomic E-state index is 0.00996. The lowest BCUT2D eigenvalue weighted by atomic mass is 10.0. The van der Waals surface area contributed by atoms with Crippen molar-refractivity contribution in [2.45, 2.75) is 341 Å². The van der Waals surface area contributed by atoms with Gasteiger partial charge in [-0.2, -0.15) is 0 Å². The van der Waals surface area contributed by atoms with Crippen molar-refractivity contribution in [3.8, 4) is 0 Å². The summed E-state index contributed by atoms with van der Waals surface area (Å²) >= 11 is 0. The molecule has 0 aliphatic carbocycles. The second-order valence-corrected chi connectivity index (χ2v) is 21.0. The van der Waals surface area contributed by atoms with Gasteiger partial charge in [0.05, 0.1) is 25.4 Å². The summed E-state index contributed by atoms with van der Waals surface area (Å²) in [6.45, 7) is 4.89. The Morgan fingerprint density at radius 1 is 0.391 bits per heavy atom. The van der Waals surface area contributed by atoms with Crippen molar-refractivity contribution in [1.29, 1.82) is 0 Å². The number of rotatable bonds is 57. The van der Waals surface area contributed by atoms with Crippen molar-refractivity contribution in [2.24, 2.45) is 0 Å². The molecule has 6 nitrogen and oxygen atoms in total. The number of esters is 1. The number of unbranched alkanes of at least 4 members (excludes halogenated alkanes) is 42. The van der Waals surface area contributed by atoms with Gasteiger partial charge in [0.15, 0.2) is 0 Å². The Kier molecular flexibility index (Phi) is 57.0. The molecule has 0 saturated heterocycles. The zero-order chi connectivity index (χ0) is 50.0. The van der Waals surface area contributed by atoms with Gasteiger partial charge in [-0.15, -0.1) is 0 Å². The van der Waals surface area contributed by atoms with Crippen molar-refractivity contribution in [3.63, 3.8) is 0 Å². The van der Waals surface area contributed by atoms with Gasteiger partial charge in [-0.1, -0.05) is 269 Å². The highest BCUT2D eigenvalue weighted by atomic mass is 16.5. The zero-order valence-corrected chi connectivity index (χ0v) is 46.3. The molecule has 0 aromatic heterocycles. The zero-order valence-electron chi connectivity index (χ0n) is 46.3. The molecule has 0 fully saturated rings. The first-order chi connectivity index (χ1) is 34.0. The summed E-state index contributed by atoms with van der Waals surface area (Å²) in [6, 6.07) is -0.638. The fourth-order valence-corrected chi connectivity index (χ4v) is 9.39. The van der Waals surface area contributed by atoms with Crippen LogP contribution in [-0.4, -0.2) is 47.4 Å². The number of aliphatic hydroxyl groups excluding tert-OH is 2. The summed E-state index contributed by atoms with van der Waals surface area (Å²) in [4.78, 5) is 24.5. The maximum Gasteiger partial charge on any atom is 0.305 e. The van der Waals surface area contributed by atoms with Crippen LogP contribution in [0.2, 0.25) is 0 Å². The summed E-state index contributed by atoms with van der Waals surface area (Å²) in [5, 5.41) is 23.2. The number of carbonyl (C=O) groups excluding carboxylic acids is 2. The lowest BCUT2D eigenvalue weighted by Crippen LogP contribution is -2.45. The molecule has 406 valence electrons. The number of carbonyl (C=O) groups is 2. The van der Waals surface area contributed by atoms with Gasteiger partial charge in [-0.05, 0) is 83.5 Å². The maximum absolute atomic E-state index is 12.5. The first-order valence-corrected chi connectivity index (χ1v) is 30.8. The minimum Gasteiger partial charge on any atom is -0.466 e. The monoisotopic (exact) mass is 970 g/mol. The molecular formula is C63H119NO5. The van der Waals surface area contributed by atoms with E-state index in [-0.39, 0.29) is 18.5 Å². The Hall–Kier alpha value is -1.92. The molecule has 2 atom stereocenters. The molecule has 0 saturated carbocycles. The third-order valence-corrected chi connectivity index (χ3v) is 14.1. The Labute approximate surface area is 430 Å². The standard InChI is InChI=1S/C63H119NO5/c1-3-5-7-9-11-13-15-17-19-21-22-24-27-31-35-39-43-47-51-55-61(66)60(59-65)64-62(67)56-52-48-44-40-36-32-28-25-23-26-30-34-38-42-46-50-54-58-69-63(68)57-53-49-45-41-37-33-29-20-18-16-14-12-10-8-6-4-2/h20,23,26,29,51,55,60-61,65-66H,3-19,21-22,24-25,27-28,30-50,52-54,56-59H2,1-2H3,(H,64,67)/b26-23-,29-20-,55-51+.